The lowest BCUT2D eigenvalue weighted by atomic mass is 10.0. The molecule has 1 unspecified atom stereocenters. The van der Waals surface area contributed by atoms with Crippen LogP contribution in [0, 0.1) is 0 Å². The van der Waals surface area contributed by atoms with Crippen molar-refractivity contribution in [1.29, 1.82) is 0 Å². The molecule has 1 aromatic carbocycles. The molecular formula is C16H20N6O. The summed E-state index contributed by atoms with van der Waals surface area (Å²) in [6, 6.07) is 6.37. The van der Waals surface area contributed by atoms with Crippen LogP contribution in [-0.2, 0) is 20.1 Å². The van der Waals surface area contributed by atoms with Crippen LogP contribution in [0.25, 0.3) is 11.0 Å². The number of benzene rings is 1. The number of aliphatic hydroxyl groups is 1. The van der Waals surface area contributed by atoms with Crippen molar-refractivity contribution in [2.45, 2.75) is 25.1 Å². The Morgan fingerprint density at radius 3 is 3.09 bits per heavy atom. The molecule has 7 nitrogen and oxygen atoms in total. The number of hydrogen-bond acceptors (Lipinski definition) is 5. The SMILES string of the molecule is Cn1cnc2cc(CN3CCC(O)(Cn4ccnn4)C3)ccc21. The summed E-state index contributed by atoms with van der Waals surface area (Å²) in [4.78, 5) is 6.69. The van der Waals surface area contributed by atoms with Gasteiger partial charge in [-0.25, -0.2) is 9.67 Å². The van der Waals surface area contributed by atoms with Crippen LogP contribution in [-0.4, -0.2) is 53.2 Å². The molecule has 0 radical (unpaired) electrons. The first kappa shape index (κ1) is 14.3. The van der Waals surface area contributed by atoms with Gasteiger partial charge >= 0.3 is 0 Å². The molecule has 1 N–H and O–H groups in total. The first-order valence-electron chi connectivity index (χ1n) is 7.80. The second-order valence-corrected chi connectivity index (χ2v) is 6.46. The van der Waals surface area contributed by atoms with Gasteiger partial charge in [-0.1, -0.05) is 11.3 Å². The van der Waals surface area contributed by atoms with Gasteiger partial charge in [-0.05, 0) is 24.1 Å². The minimum absolute atomic E-state index is 0.489. The number of β-amino-alcohol motifs (C(OH)–C–C–N with tert-alkyl or cyclic N) is 1. The van der Waals surface area contributed by atoms with Crippen molar-refractivity contribution in [2.24, 2.45) is 7.05 Å². The molecule has 0 spiro atoms. The molecule has 0 bridgehead atoms. The van der Waals surface area contributed by atoms with Crippen LogP contribution in [0.4, 0.5) is 0 Å². The Labute approximate surface area is 134 Å². The summed E-state index contributed by atoms with van der Waals surface area (Å²) < 4.78 is 3.72. The highest BCUT2D eigenvalue weighted by molar-refractivity contribution is 5.75. The van der Waals surface area contributed by atoms with E-state index in [2.05, 4.69) is 38.4 Å². The maximum atomic E-state index is 10.7. The number of rotatable bonds is 4. The zero-order valence-electron chi connectivity index (χ0n) is 13.1. The molecular weight excluding hydrogens is 292 g/mol. The zero-order chi connectivity index (χ0) is 15.9. The molecule has 1 aliphatic rings. The number of hydrogen-bond donors (Lipinski definition) is 1. The highest BCUT2D eigenvalue weighted by atomic mass is 16.3. The van der Waals surface area contributed by atoms with E-state index in [0.29, 0.717) is 13.1 Å². The lowest BCUT2D eigenvalue weighted by molar-refractivity contribution is 0.0274. The van der Waals surface area contributed by atoms with Gasteiger partial charge in [-0.3, -0.25) is 4.90 Å². The van der Waals surface area contributed by atoms with E-state index in [4.69, 9.17) is 0 Å². The first-order chi connectivity index (χ1) is 11.1. The van der Waals surface area contributed by atoms with Gasteiger partial charge in [0.05, 0.1) is 35.7 Å². The summed E-state index contributed by atoms with van der Waals surface area (Å²) in [6.07, 6.45) is 6.01. The van der Waals surface area contributed by atoms with Gasteiger partial charge in [-0.2, -0.15) is 0 Å². The summed E-state index contributed by atoms with van der Waals surface area (Å²) in [5.41, 5.74) is 2.64. The molecule has 1 fully saturated rings. The van der Waals surface area contributed by atoms with Crippen LogP contribution in [0.2, 0.25) is 0 Å². The Morgan fingerprint density at radius 1 is 1.35 bits per heavy atom. The van der Waals surface area contributed by atoms with Gasteiger partial charge in [0.1, 0.15) is 0 Å². The van der Waals surface area contributed by atoms with Crippen LogP contribution in [0.5, 0.6) is 0 Å². The molecule has 23 heavy (non-hydrogen) atoms. The largest absolute Gasteiger partial charge is 0.387 e. The fourth-order valence-corrected chi connectivity index (χ4v) is 3.36. The van der Waals surface area contributed by atoms with Crippen molar-refractivity contribution in [1.82, 2.24) is 29.4 Å². The maximum absolute atomic E-state index is 10.7. The van der Waals surface area contributed by atoms with Gasteiger partial charge in [-0.15, -0.1) is 5.10 Å². The van der Waals surface area contributed by atoms with E-state index in [0.717, 1.165) is 30.5 Å². The number of imidazole rings is 1. The van der Waals surface area contributed by atoms with Crippen molar-refractivity contribution in [2.75, 3.05) is 13.1 Å². The number of likely N-dealkylation sites (tertiary alicyclic amines) is 1. The highest BCUT2D eigenvalue weighted by Crippen LogP contribution is 2.25. The summed E-state index contributed by atoms with van der Waals surface area (Å²) in [5.74, 6) is 0. The van der Waals surface area contributed by atoms with E-state index in [1.54, 1.807) is 17.1 Å². The Hall–Kier alpha value is -2.25. The van der Waals surface area contributed by atoms with E-state index in [9.17, 15) is 5.11 Å². The molecule has 1 aliphatic heterocycles. The molecule has 0 amide bonds. The third-order valence-electron chi connectivity index (χ3n) is 4.54. The Bertz CT molecular complexity index is 811. The van der Waals surface area contributed by atoms with Crippen LogP contribution >= 0.6 is 0 Å². The summed E-state index contributed by atoms with van der Waals surface area (Å²) in [6.45, 7) is 2.84. The van der Waals surface area contributed by atoms with E-state index < -0.39 is 5.60 Å². The summed E-state index contributed by atoms with van der Waals surface area (Å²) in [7, 11) is 2.00. The first-order valence-corrected chi connectivity index (χ1v) is 7.80. The molecule has 4 rings (SSSR count). The highest BCUT2D eigenvalue weighted by Gasteiger charge is 2.36. The van der Waals surface area contributed by atoms with Crippen LogP contribution in [0.15, 0.2) is 36.9 Å². The van der Waals surface area contributed by atoms with Crippen molar-refractivity contribution >= 4 is 11.0 Å². The molecule has 3 heterocycles. The Balaban J connectivity index is 1.44. The van der Waals surface area contributed by atoms with Gasteiger partial charge in [0.2, 0.25) is 0 Å². The maximum Gasteiger partial charge on any atom is 0.0981 e. The zero-order valence-corrected chi connectivity index (χ0v) is 13.1. The lowest BCUT2D eigenvalue weighted by Crippen LogP contribution is -2.37. The molecule has 120 valence electrons. The molecule has 0 aliphatic carbocycles. The van der Waals surface area contributed by atoms with E-state index in [1.807, 2.05) is 17.9 Å². The van der Waals surface area contributed by atoms with Crippen LogP contribution < -0.4 is 0 Å². The topological polar surface area (TPSA) is 72.0 Å². The molecule has 1 saturated heterocycles. The second-order valence-electron chi connectivity index (χ2n) is 6.46. The Morgan fingerprint density at radius 2 is 2.26 bits per heavy atom. The van der Waals surface area contributed by atoms with E-state index in [1.165, 1.54) is 5.56 Å². The molecule has 1 atom stereocenters. The average molecular weight is 312 g/mol. The second kappa shape index (κ2) is 5.43. The molecule has 3 aromatic rings. The molecule has 0 saturated carbocycles. The van der Waals surface area contributed by atoms with Crippen molar-refractivity contribution in [3.63, 3.8) is 0 Å². The van der Waals surface area contributed by atoms with Gasteiger partial charge < -0.3 is 9.67 Å². The molecule has 7 heteroatoms. The predicted octanol–water partition coefficient (Wildman–Crippen LogP) is 0.802. The van der Waals surface area contributed by atoms with Crippen LogP contribution in [0.3, 0.4) is 0 Å². The monoisotopic (exact) mass is 312 g/mol. The quantitative estimate of drug-likeness (QED) is 0.771. The fourth-order valence-electron chi connectivity index (χ4n) is 3.36. The smallest absolute Gasteiger partial charge is 0.0981 e. The van der Waals surface area contributed by atoms with Crippen LogP contribution in [0.1, 0.15) is 12.0 Å². The summed E-state index contributed by atoms with van der Waals surface area (Å²) >= 11 is 0. The van der Waals surface area contributed by atoms with Gasteiger partial charge in [0.15, 0.2) is 0 Å². The normalized spacial score (nSPS) is 22.2. The minimum atomic E-state index is -0.733. The Kier molecular flexibility index (Phi) is 3.39. The number of fused-ring (bicyclic) bond motifs is 1. The third kappa shape index (κ3) is 2.85. The van der Waals surface area contributed by atoms with Crippen molar-refractivity contribution < 1.29 is 5.11 Å². The van der Waals surface area contributed by atoms with E-state index >= 15 is 0 Å². The molecule has 2 aromatic heterocycles. The lowest BCUT2D eigenvalue weighted by Gasteiger charge is -2.23. The fraction of sp³-hybridized carbons (Fsp3) is 0.438. The number of aryl methyl sites for hydroxylation is 1. The average Bonchev–Trinajstić information content (AvgIpc) is 3.23. The standard InChI is InChI=1S/C16H20N6O/c1-20-12-17-14-8-13(2-3-15(14)20)9-21-6-4-16(23,10-21)11-22-7-5-18-19-22/h2-3,5,7-8,12,23H,4,6,9-11H2,1H3. The van der Waals surface area contributed by atoms with Gasteiger partial charge in [0.25, 0.3) is 0 Å². The number of aromatic nitrogens is 5. The minimum Gasteiger partial charge on any atom is -0.387 e. The predicted molar refractivity (Wildman–Crippen MR) is 85.6 cm³/mol. The third-order valence-corrected chi connectivity index (χ3v) is 4.54. The van der Waals surface area contributed by atoms with E-state index in [-0.39, 0.29) is 0 Å². The van der Waals surface area contributed by atoms with Gasteiger partial charge in [0, 0.05) is 32.9 Å². The summed E-state index contributed by atoms with van der Waals surface area (Å²) in [5, 5.41) is 18.5. The van der Waals surface area contributed by atoms with Crippen molar-refractivity contribution in [3.05, 3.63) is 42.5 Å². The number of nitrogens with zero attached hydrogens (tertiary/aromatic N) is 6. The van der Waals surface area contributed by atoms with Crippen molar-refractivity contribution in [3.8, 4) is 0 Å².